The van der Waals surface area contributed by atoms with Crippen LogP contribution in [0.5, 0.6) is 11.5 Å². The maximum Gasteiger partial charge on any atom is 0.224 e. The average Bonchev–Trinajstić information content (AvgIpc) is 3.14. The van der Waals surface area contributed by atoms with Crippen LogP contribution in [0.3, 0.4) is 0 Å². The Labute approximate surface area is 213 Å². The number of carbonyl (C=O) groups excluding carboxylic acids is 1. The predicted octanol–water partition coefficient (Wildman–Crippen LogP) is 3.38. The van der Waals surface area contributed by atoms with Gasteiger partial charge in [-0.1, -0.05) is 0 Å². The van der Waals surface area contributed by atoms with Crippen LogP contribution < -0.4 is 15.2 Å². The number of benzene rings is 2. The van der Waals surface area contributed by atoms with Crippen molar-refractivity contribution in [1.82, 2.24) is 4.90 Å². The van der Waals surface area contributed by atoms with E-state index in [0.717, 1.165) is 18.9 Å². The number of halogens is 3. The Bertz CT molecular complexity index is 1290. The van der Waals surface area contributed by atoms with E-state index >= 15 is 0 Å². The molecule has 2 N–H and O–H groups in total. The second-order valence-corrected chi connectivity index (χ2v) is 12.1. The van der Waals surface area contributed by atoms with Crippen molar-refractivity contribution in [2.45, 2.75) is 61.5 Å². The molecule has 0 saturated carbocycles. The van der Waals surface area contributed by atoms with E-state index in [-0.39, 0.29) is 53.0 Å². The standard InChI is InChI=1S/C26H29F3N2O5S/c27-20-14-22(29)21(28)11-15(20)12-23(30)16-9-17-1-2-18(10-16)31(17)26(32)5-8-37(33,34)19-3-4-24-25(13-19)36-7-6-35-24/h3-4,11,13-14,16-18,23H,1-2,5-10,12,30H2/t16-,17-,18+,23-/m1/s1. The number of rotatable bonds is 7. The highest BCUT2D eigenvalue weighted by Gasteiger charge is 2.44. The molecule has 0 unspecified atom stereocenters. The van der Waals surface area contributed by atoms with Crippen LogP contribution in [0.4, 0.5) is 13.2 Å². The van der Waals surface area contributed by atoms with Crippen LogP contribution in [-0.2, 0) is 21.1 Å². The van der Waals surface area contributed by atoms with Crippen LogP contribution in [0, 0.1) is 23.4 Å². The number of carbonyl (C=O) groups is 1. The lowest BCUT2D eigenvalue weighted by atomic mass is 9.82. The molecule has 3 heterocycles. The van der Waals surface area contributed by atoms with Gasteiger partial charge in [0.1, 0.15) is 19.0 Å². The number of fused-ring (bicyclic) bond motifs is 3. The molecule has 0 spiro atoms. The monoisotopic (exact) mass is 538 g/mol. The van der Waals surface area contributed by atoms with Crippen molar-refractivity contribution in [2.24, 2.45) is 11.7 Å². The topological polar surface area (TPSA) is 98.9 Å². The van der Waals surface area contributed by atoms with E-state index in [1.165, 1.54) is 12.1 Å². The minimum Gasteiger partial charge on any atom is -0.486 e. The van der Waals surface area contributed by atoms with E-state index < -0.39 is 33.3 Å². The molecule has 2 aromatic carbocycles. The summed E-state index contributed by atoms with van der Waals surface area (Å²) < 4.78 is 77.7. The number of nitrogens with zero attached hydrogens (tertiary/aromatic N) is 1. The lowest BCUT2D eigenvalue weighted by molar-refractivity contribution is -0.136. The van der Waals surface area contributed by atoms with Gasteiger partial charge in [-0.25, -0.2) is 21.6 Å². The molecule has 37 heavy (non-hydrogen) atoms. The highest BCUT2D eigenvalue weighted by atomic mass is 32.2. The predicted molar refractivity (Wildman–Crippen MR) is 128 cm³/mol. The van der Waals surface area contributed by atoms with Gasteiger partial charge in [-0.3, -0.25) is 4.79 Å². The third-order valence-corrected chi connectivity index (χ3v) is 9.38. The number of sulfone groups is 1. The minimum absolute atomic E-state index is 0.0180. The third-order valence-electron chi connectivity index (χ3n) is 7.67. The Balaban J connectivity index is 1.19. The van der Waals surface area contributed by atoms with Gasteiger partial charge in [0, 0.05) is 36.7 Å². The summed E-state index contributed by atoms with van der Waals surface area (Å²) >= 11 is 0. The number of amides is 1. The second kappa shape index (κ2) is 10.2. The maximum absolute atomic E-state index is 14.1. The summed E-state index contributed by atoms with van der Waals surface area (Å²) in [4.78, 5) is 15.0. The Hall–Kier alpha value is -2.79. The number of hydrogen-bond donors (Lipinski definition) is 1. The molecular weight excluding hydrogens is 509 g/mol. The average molecular weight is 539 g/mol. The van der Waals surface area contributed by atoms with Crippen LogP contribution in [0.15, 0.2) is 35.2 Å². The Morgan fingerprint density at radius 3 is 2.32 bits per heavy atom. The summed E-state index contributed by atoms with van der Waals surface area (Å²) in [5, 5.41) is 0. The Kier molecular flexibility index (Phi) is 7.10. The number of nitrogens with two attached hydrogens (primary N) is 1. The van der Waals surface area contributed by atoms with Gasteiger partial charge in [-0.15, -0.1) is 0 Å². The number of piperidine rings is 1. The molecule has 200 valence electrons. The normalized spacial score (nSPS) is 23.7. The molecule has 2 bridgehead atoms. The van der Waals surface area contributed by atoms with E-state index in [1.54, 1.807) is 11.0 Å². The maximum atomic E-state index is 14.1. The molecule has 1 amide bonds. The zero-order chi connectivity index (χ0) is 26.3. The highest BCUT2D eigenvalue weighted by Crippen LogP contribution is 2.41. The molecule has 2 aromatic rings. The lowest BCUT2D eigenvalue weighted by Crippen LogP contribution is -2.50. The molecule has 5 rings (SSSR count). The molecule has 11 heteroatoms. The van der Waals surface area contributed by atoms with Crippen LogP contribution in [0.2, 0.25) is 0 Å². The molecule has 3 aliphatic heterocycles. The molecule has 2 saturated heterocycles. The molecule has 0 radical (unpaired) electrons. The van der Waals surface area contributed by atoms with E-state index in [4.69, 9.17) is 15.2 Å². The quantitative estimate of drug-likeness (QED) is 0.543. The summed E-state index contributed by atoms with van der Waals surface area (Å²) in [5.74, 6) is -2.87. The molecular formula is C26H29F3N2O5S. The van der Waals surface area contributed by atoms with Crippen molar-refractivity contribution in [1.29, 1.82) is 0 Å². The summed E-state index contributed by atoms with van der Waals surface area (Å²) in [6.45, 7) is 0.742. The van der Waals surface area contributed by atoms with Crippen molar-refractivity contribution < 1.29 is 35.9 Å². The fraction of sp³-hybridized carbons (Fsp3) is 0.500. The van der Waals surface area contributed by atoms with Crippen LogP contribution in [-0.4, -0.2) is 56.3 Å². The summed E-state index contributed by atoms with van der Waals surface area (Å²) in [5.41, 5.74) is 6.38. The van der Waals surface area contributed by atoms with Gasteiger partial charge in [-0.2, -0.15) is 0 Å². The number of hydrogen-bond acceptors (Lipinski definition) is 6. The largest absolute Gasteiger partial charge is 0.486 e. The lowest BCUT2D eigenvalue weighted by Gasteiger charge is -2.41. The third kappa shape index (κ3) is 5.29. The van der Waals surface area contributed by atoms with Gasteiger partial charge >= 0.3 is 0 Å². The Morgan fingerprint density at radius 1 is 0.973 bits per heavy atom. The Morgan fingerprint density at radius 2 is 1.62 bits per heavy atom. The van der Waals surface area contributed by atoms with Gasteiger partial charge in [0.05, 0.1) is 10.6 Å². The van der Waals surface area contributed by atoms with E-state index in [9.17, 15) is 26.4 Å². The van der Waals surface area contributed by atoms with Gasteiger partial charge in [-0.05, 0) is 61.8 Å². The fourth-order valence-electron chi connectivity index (χ4n) is 5.80. The summed E-state index contributed by atoms with van der Waals surface area (Å²) in [6, 6.07) is 5.20. The molecule has 0 aliphatic carbocycles. The minimum atomic E-state index is -3.71. The first-order chi connectivity index (χ1) is 17.6. The first-order valence-electron chi connectivity index (χ1n) is 12.4. The molecule has 3 aliphatic rings. The second-order valence-electron chi connectivity index (χ2n) is 10.0. The van der Waals surface area contributed by atoms with E-state index in [2.05, 4.69) is 0 Å². The van der Waals surface area contributed by atoms with Crippen molar-refractivity contribution in [2.75, 3.05) is 19.0 Å². The fourth-order valence-corrected chi connectivity index (χ4v) is 7.04. The zero-order valence-electron chi connectivity index (χ0n) is 20.2. The summed E-state index contributed by atoms with van der Waals surface area (Å²) in [6.07, 6.45) is 2.70. The summed E-state index contributed by atoms with van der Waals surface area (Å²) in [7, 11) is -3.71. The van der Waals surface area contributed by atoms with Crippen molar-refractivity contribution in [3.05, 3.63) is 53.3 Å². The van der Waals surface area contributed by atoms with Crippen molar-refractivity contribution in [3.63, 3.8) is 0 Å². The van der Waals surface area contributed by atoms with Crippen LogP contribution in [0.25, 0.3) is 0 Å². The SMILES string of the molecule is N[C@H](Cc1cc(F)c(F)cc1F)[C@@H]1C[C@H]2CC[C@@H](C1)N2C(=O)CCS(=O)(=O)c1ccc2c(c1)OCCO2. The van der Waals surface area contributed by atoms with Gasteiger partial charge < -0.3 is 20.1 Å². The highest BCUT2D eigenvalue weighted by molar-refractivity contribution is 7.91. The smallest absolute Gasteiger partial charge is 0.224 e. The van der Waals surface area contributed by atoms with Crippen LogP contribution >= 0.6 is 0 Å². The number of ether oxygens (including phenoxy) is 2. The zero-order valence-corrected chi connectivity index (χ0v) is 21.0. The van der Waals surface area contributed by atoms with Gasteiger partial charge in [0.25, 0.3) is 0 Å². The van der Waals surface area contributed by atoms with Crippen LogP contribution in [0.1, 0.15) is 37.7 Å². The van der Waals surface area contributed by atoms with Crippen molar-refractivity contribution in [3.8, 4) is 11.5 Å². The molecule has 0 aromatic heterocycles. The molecule has 7 nitrogen and oxygen atoms in total. The van der Waals surface area contributed by atoms with E-state index in [1.807, 2.05) is 0 Å². The van der Waals surface area contributed by atoms with Crippen molar-refractivity contribution >= 4 is 15.7 Å². The molecule has 4 atom stereocenters. The first-order valence-corrected chi connectivity index (χ1v) is 14.1. The van der Waals surface area contributed by atoms with E-state index in [0.29, 0.717) is 43.6 Å². The first kappa shape index (κ1) is 25.8. The van der Waals surface area contributed by atoms with Gasteiger partial charge in [0.15, 0.2) is 33.0 Å². The molecule has 2 fully saturated rings. The van der Waals surface area contributed by atoms with Gasteiger partial charge in [0.2, 0.25) is 5.91 Å².